The summed E-state index contributed by atoms with van der Waals surface area (Å²) in [6, 6.07) is 7.58. The van der Waals surface area contributed by atoms with E-state index in [-0.39, 0.29) is 19.0 Å². The summed E-state index contributed by atoms with van der Waals surface area (Å²) in [4.78, 5) is 15.5. The zero-order valence-electron chi connectivity index (χ0n) is 10.3. The molecule has 0 bridgehead atoms. The fourth-order valence-electron chi connectivity index (χ4n) is 2.84. The molecule has 3 rings (SSSR count). The predicted molar refractivity (Wildman–Crippen MR) is 70.0 cm³/mol. The van der Waals surface area contributed by atoms with Gasteiger partial charge in [-0.15, -0.1) is 0 Å². The number of para-hydroxylation sites is 1. The summed E-state index contributed by atoms with van der Waals surface area (Å²) in [5.41, 5.74) is 2.06. The van der Waals surface area contributed by atoms with Crippen LogP contribution < -0.4 is 0 Å². The zero-order chi connectivity index (χ0) is 13.4. The van der Waals surface area contributed by atoms with Gasteiger partial charge < -0.3 is 15.0 Å². The van der Waals surface area contributed by atoms with E-state index in [1.54, 1.807) is 0 Å². The van der Waals surface area contributed by atoms with Gasteiger partial charge in [-0.05, 0) is 18.1 Å². The van der Waals surface area contributed by atoms with Crippen molar-refractivity contribution < 1.29 is 14.3 Å². The number of carbonyl (C=O) groups is 1. The van der Waals surface area contributed by atoms with Crippen LogP contribution in [0.5, 0.6) is 0 Å². The summed E-state index contributed by atoms with van der Waals surface area (Å²) >= 11 is 0. The van der Waals surface area contributed by atoms with Crippen LogP contribution in [0, 0.1) is 0 Å². The maximum absolute atomic E-state index is 13.4. The van der Waals surface area contributed by atoms with Crippen LogP contribution in [0.4, 0.5) is 9.18 Å². The van der Waals surface area contributed by atoms with Crippen LogP contribution in [-0.2, 0) is 6.42 Å². The first-order chi connectivity index (χ1) is 9.15. The fourth-order valence-corrected chi connectivity index (χ4v) is 2.84. The van der Waals surface area contributed by atoms with E-state index in [1.807, 2.05) is 30.5 Å². The van der Waals surface area contributed by atoms with Gasteiger partial charge in [0.1, 0.15) is 6.17 Å². The highest BCUT2D eigenvalue weighted by Crippen LogP contribution is 2.26. The predicted octanol–water partition coefficient (Wildman–Crippen LogP) is 2.80. The number of likely N-dealkylation sites (tertiary alicyclic amines) is 1. The number of hydrogen-bond donors (Lipinski definition) is 2. The van der Waals surface area contributed by atoms with Crippen LogP contribution in [0.2, 0.25) is 0 Å². The van der Waals surface area contributed by atoms with E-state index in [2.05, 4.69) is 4.98 Å². The number of aromatic nitrogens is 1. The Bertz CT molecular complexity index is 610. The summed E-state index contributed by atoms with van der Waals surface area (Å²) in [6.45, 7) is -0.0116. The van der Waals surface area contributed by atoms with Gasteiger partial charge >= 0.3 is 6.09 Å². The van der Waals surface area contributed by atoms with E-state index in [0.717, 1.165) is 16.5 Å². The smallest absolute Gasteiger partial charge is 0.407 e. The Labute approximate surface area is 109 Å². The van der Waals surface area contributed by atoms with E-state index in [9.17, 15) is 9.18 Å². The van der Waals surface area contributed by atoms with Gasteiger partial charge in [0.2, 0.25) is 0 Å². The number of benzene rings is 1. The van der Waals surface area contributed by atoms with Crippen molar-refractivity contribution in [1.82, 2.24) is 9.88 Å². The molecule has 1 aliphatic rings. The third-order valence-corrected chi connectivity index (χ3v) is 3.74. The maximum atomic E-state index is 13.4. The highest BCUT2D eigenvalue weighted by atomic mass is 19.1. The first-order valence-corrected chi connectivity index (χ1v) is 6.34. The van der Waals surface area contributed by atoms with Crippen molar-refractivity contribution >= 4 is 17.0 Å². The molecule has 2 aromatic rings. The molecule has 0 aliphatic carbocycles. The number of aromatic amines is 1. The van der Waals surface area contributed by atoms with Crippen LogP contribution in [0.25, 0.3) is 10.9 Å². The van der Waals surface area contributed by atoms with Gasteiger partial charge in [0.15, 0.2) is 0 Å². The number of halogens is 1. The monoisotopic (exact) mass is 262 g/mol. The molecule has 1 saturated heterocycles. The average molecular weight is 262 g/mol. The Balaban J connectivity index is 1.86. The van der Waals surface area contributed by atoms with E-state index < -0.39 is 12.3 Å². The van der Waals surface area contributed by atoms with Crippen molar-refractivity contribution in [3.05, 3.63) is 36.0 Å². The molecular formula is C14H15FN2O2. The minimum Gasteiger partial charge on any atom is -0.465 e. The van der Waals surface area contributed by atoms with Gasteiger partial charge in [-0.2, -0.15) is 0 Å². The number of nitrogens with zero attached hydrogens (tertiary/aromatic N) is 1. The maximum Gasteiger partial charge on any atom is 0.407 e. The molecule has 1 aromatic heterocycles. The topological polar surface area (TPSA) is 56.3 Å². The molecule has 0 unspecified atom stereocenters. The van der Waals surface area contributed by atoms with Gasteiger partial charge in [-0.3, -0.25) is 0 Å². The highest BCUT2D eigenvalue weighted by molar-refractivity contribution is 5.83. The molecule has 2 N–H and O–H groups in total. The largest absolute Gasteiger partial charge is 0.465 e. The number of nitrogens with one attached hydrogen (secondary N) is 1. The minimum atomic E-state index is -1.05. The molecule has 4 nitrogen and oxygen atoms in total. The summed E-state index contributed by atoms with van der Waals surface area (Å²) in [5, 5.41) is 10.2. The molecule has 19 heavy (non-hydrogen) atoms. The van der Waals surface area contributed by atoms with Crippen LogP contribution in [0.3, 0.4) is 0 Å². The molecule has 0 spiro atoms. The second-order valence-electron chi connectivity index (χ2n) is 4.99. The number of hydrogen-bond acceptors (Lipinski definition) is 1. The first kappa shape index (κ1) is 12.0. The summed E-state index contributed by atoms with van der Waals surface area (Å²) in [7, 11) is 0. The third kappa shape index (κ3) is 2.16. The number of alkyl halides is 1. The minimum absolute atomic E-state index is 0.0116. The second-order valence-corrected chi connectivity index (χ2v) is 4.99. The van der Waals surface area contributed by atoms with E-state index >= 15 is 0 Å². The molecule has 1 aliphatic heterocycles. The molecule has 2 heterocycles. The van der Waals surface area contributed by atoms with Crippen molar-refractivity contribution in [3.8, 4) is 0 Å². The number of amides is 1. The first-order valence-electron chi connectivity index (χ1n) is 6.34. The molecule has 1 fully saturated rings. The van der Waals surface area contributed by atoms with Crippen LogP contribution in [0.15, 0.2) is 30.5 Å². The van der Waals surface area contributed by atoms with E-state index in [1.165, 1.54) is 4.90 Å². The van der Waals surface area contributed by atoms with Crippen LogP contribution in [0.1, 0.15) is 12.0 Å². The molecule has 1 aromatic carbocycles. The lowest BCUT2D eigenvalue weighted by atomic mass is 10.0. The number of H-pyrrole nitrogens is 1. The number of carboxylic acid groups (broad SMARTS) is 1. The Hall–Kier alpha value is -2.04. The number of rotatable bonds is 2. The van der Waals surface area contributed by atoms with Crippen molar-refractivity contribution in [3.63, 3.8) is 0 Å². The molecule has 1 amide bonds. The van der Waals surface area contributed by atoms with E-state index in [0.29, 0.717) is 6.42 Å². The summed E-state index contributed by atoms with van der Waals surface area (Å²) in [5.74, 6) is 0. The molecule has 0 saturated carbocycles. The lowest BCUT2D eigenvalue weighted by Crippen LogP contribution is -2.35. The summed E-state index contributed by atoms with van der Waals surface area (Å²) in [6.07, 6.45) is 0.634. The molecule has 5 heteroatoms. The SMILES string of the molecule is O=C(O)N1C[C@@H](F)C[C@H]1Cc1c[nH]c2ccccc12. The molecule has 0 radical (unpaired) electrons. The lowest BCUT2D eigenvalue weighted by molar-refractivity contribution is 0.138. The summed E-state index contributed by atoms with van der Waals surface area (Å²) < 4.78 is 13.4. The normalized spacial score (nSPS) is 23.1. The Morgan fingerprint density at radius 1 is 1.47 bits per heavy atom. The van der Waals surface area contributed by atoms with Gasteiger partial charge in [-0.25, -0.2) is 9.18 Å². The van der Waals surface area contributed by atoms with Crippen molar-refractivity contribution in [2.45, 2.75) is 25.1 Å². The van der Waals surface area contributed by atoms with Crippen molar-refractivity contribution in [2.75, 3.05) is 6.54 Å². The number of fused-ring (bicyclic) bond motifs is 1. The van der Waals surface area contributed by atoms with Gasteiger partial charge in [-0.1, -0.05) is 18.2 Å². The van der Waals surface area contributed by atoms with Gasteiger partial charge in [0, 0.05) is 29.6 Å². The quantitative estimate of drug-likeness (QED) is 0.874. The second kappa shape index (κ2) is 4.57. The molecule has 2 atom stereocenters. The third-order valence-electron chi connectivity index (χ3n) is 3.74. The Morgan fingerprint density at radius 3 is 3.05 bits per heavy atom. The average Bonchev–Trinajstić information content (AvgIpc) is 2.95. The van der Waals surface area contributed by atoms with E-state index in [4.69, 9.17) is 5.11 Å². The standard InChI is InChI=1S/C14H15FN2O2/c15-10-6-11(17(8-10)14(18)19)5-9-7-16-13-4-2-1-3-12(9)13/h1-4,7,10-11,16H,5-6,8H2,(H,18,19)/t10-,11+/m0/s1. The molecule has 100 valence electrons. The zero-order valence-corrected chi connectivity index (χ0v) is 10.3. The lowest BCUT2D eigenvalue weighted by Gasteiger charge is -2.20. The van der Waals surface area contributed by atoms with Crippen LogP contribution >= 0.6 is 0 Å². The Kier molecular flexibility index (Phi) is 2.89. The Morgan fingerprint density at radius 2 is 2.26 bits per heavy atom. The van der Waals surface area contributed by atoms with Crippen LogP contribution in [-0.4, -0.2) is 39.8 Å². The highest BCUT2D eigenvalue weighted by Gasteiger charge is 2.35. The van der Waals surface area contributed by atoms with Gasteiger partial charge in [0.05, 0.1) is 6.54 Å². The van der Waals surface area contributed by atoms with Gasteiger partial charge in [0.25, 0.3) is 0 Å². The van der Waals surface area contributed by atoms with Crippen molar-refractivity contribution in [2.24, 2.45) is 0 Å². The fraction of sp³-hybridized carbons (Fsp3) is 0.357. The van der Waals surface area contributed by atoms with Crippen molar-refractivity contribution in [1.29, 1.82) is 0 Å². The molecular weight excluding hydrogens is 247 g/mol.